The molecule has 4 unspecified atom stereocenters. The third-order valence-electron chi connectivity index (χ3n) is 4.27. The Bertz CT molecular complexity index is 704. The van der Waals surface area contributed by atoms with Gasteiger partial charge in [-0.3, -0.25) is 14.9 Å². The molecule has 0 aromatic heterocycles. The average molecular weight is 424 g/mol. The molecule has 0 saturated carbocycles. The van der Waals surface area contributed by atoms with Crippen molar-refractivity contribution in [1.29, 1.82) is 0 Å². The number of methoxy groups -OCH3 is 1. The number of benzene rings is 1. The normalized spacial score (nSPS) is 15.0. The zero-order valence-corrected chi connectivity index (χ0v) is 18.0. The SMILES string of the molecule is COC(=O)C(CC(C)C)NC(=O)C(OC(C)=O)C(Cc1ccc(O)cc1)NC(C)O. The second-order valence-corrected chi connectivity index (χ2v) is 7.56. The topological polar surface area (TPSA) is 134 Å². The smallest absolute Gasteiger partial charge is 0.328 e. The summed E-state index contributed by atoms with van der Waals surface area (Å²) in [5.74, 6) is -1.78. The van der Waals surface area contributed by atoms with Crippen molar-refractivity contribution in [2.75, 3.05) is 7.11 Å². The van der Waals surface area contributed by atoms with Crippen LogP contribution in [-0.4, -0.2) is 59.6 Å². The number of nitrogens with one attached hydrogen (secondary N) is 2. The van der Waals surface area contributed by atoms with Crippen LogP contribution in [0.25, 0.3) is 0 Å². The average Bonchev–Trinajstić information content (AvgIpc) is 2.65. The first-order valence-corrected chi connectivity index (χ1v) is 9.80. The summed E-state index contributed by atoms with van der Waals surface area (Å²) in [5.41, 5.74) is 0.739. The maximum Gasteiger partial charge on any atom is 0.328 e. The number of hydrogen-bond donors (Lipinski definition) is 4. The highest BCUT2D eigenvalue weighted by Gasteiger charge is 2.35. The van der Waals surface area contributed by atoms with Gasteiger partial charge < -0.3 is 25.0 Å². The molecule has 0 spiro atoms. The van der Waals surface area contributed by atoms with E-state index < -0.39 is 42.3 Å². The van der Waals surface area contributed by atoms with Crippen LogP contribution in [-0.2, 0) is 30.3 Å². The first kappa shape index (κ1) is 25.4. The van der Waals surface area contributed by atoms with Crippen molar-refractivity contribution in [3.05, 3.63) is 29.8 Å². The number of carbonyl (C=O) groups is 3. The summed E-state index contributed by atoms with van der Waals surface area (Å²) in [6, 6.07) is 4.60. The van der Waals surface area contributed by atoms with Gasteiger partial charge in [-0.2, -0.15) is 0 Å². The van der Waals surface area contributed by atoms with E-state index in [0.717, 1.165) is 5.56 Å². The molecule has 9 heteroatoms. The Morgan fingerprint density at radius 2 is 1.70 bits per heavy atom. The Hall–Kier alpha value is -2.65. The summed E-state index contributed by atoms with van der Waals surface area (Å²) in [4.78, 5) is 36.8. The number of aliphatic hydroxyl groups is 1. The van der Waals surface area contributed by atoms with Crippen molar-refractivity contribution in [2.45, 2.75) is 65.0 Å². The molecule has 4 atom stereocenters. The zero-order chi connectivity index (χ0) is 22.8. The quantitative estimate of drug-likeness (QED) is 0.304. The Kier molecular flexibility index (Phi) is 10.3. The van der Waals surface area contributed by atoms with Gasteiger partial charge in [0.2, 0.25) is 0 Å². The first-order chi connectivity index (χ1) is 14.0. The van der Waals surface area contributed by atoms with Crippen LogP contribution in [0.1, 0.15) is 39.7 Å². The van der Waals surface area contributed by atoms with Crippen LogP contribution in [0.3, 0.4) is 0 Å². The van der Waals surface area contributed by atoms with Crippen molar-refractivity contribution in [2.24, 2.45) is 5.92 Å². The third kappa shape index (κ3) is 8.79. The lowest BCUT2D eigenvalue weighted by Crippen LogP contribution is -2.56. The van der Waals surface area contributed by atoms with Gasteiger partial charge in [-0.1, -0.05) is 26.0 Å². The van der Waals surface area contributed by atoms with Crippen LogP contribution in [0, 0.1) is 5.92 Å². The first-order valence-electron chi connectivity index (χ1n) is 9.80. The summed E-state index contributed by atoms with van der Waals surface area (Å²) in [5, 5.41) is 24.7. The fourth-order valence-electron chi connectivity index (χ4n) is 3.03. The van der Waals surface area contributed by atoms with Crippen molar-refractivity contribution in [1.82, 2.24) is 10.6 Å². The zero-order valence-electron chi connectivity index (χ0n) is 18.0. The molecule has 1 aromatic rings. The summed E-state index contributed by atoms with van der Waals surface area (Å²) < 4.78 is 10.0. The van der Waals surface area contributed by atoms with Gasteiger partial charge in [0.15, 0.2) is 6.10 Å². The minimum absolute atomic E-state index is 0.0858. The Morgan fingerprint density at radius 3 is 2.17 bits per heavy atom. The van der Waals surface area contributed by atoms with Gasteiger partial charge in [0.05, 0.1) is 13.2 Å². The molecule has 4 N–H and O–H groups in total. The van der Waals surface area contributed by atoms with E-state index in [1.807, 2.05) is 13.8 Å². The van der Waals surface area contributed by atoms with Crippen molar-refractivity contribution < 1.29 is 34.1 Å². The fourth-order valence-corrected chi connectivity index (χ4v) is 3.03. The molecule has 0 saturated heterocycles. The van der Waals surface area contributed by atoms with Crippen molar-refractivity contribution in [3.8, 4) is 5.75 Å². The van der Waals surface area contributed by atoms with Gasteiger partial charge in [-0.15, -0.1) is 0 Å². The highest BCUT2D eigenvalue weighted by Crippen LogP contribution is 2.15. The molecule has 0 aliphatic carbocycles. The maximum atomic E-state index is 13.0. The van der Waals surface area contributed by atoms with Gasteiger partial charge in [0.25, 0.3) is 5.91 Å². The summed E-state index contributed by atoms with van der Waals surface area (Å²) >= 11 is 0. The number of phenolic OH excluding ortho intramolecular Hbond substituents is 1. The predicted octanol–water partition coefficient (Wildman–Crippen LogP) is 0.867. The fraction of sp³-hybridized carbons (Fsp3) is 0.571. The van der Waals surface area contributed by atoms with Crippen LogP contribution in [0.5, 0.6) is 5.75 Å². The molecular weight excluding hydrogens is 392 g/mol. The Balaban J connectivity index is 3.14. The standard InChI is InChI=1S/C21H32N2O7/c1-12(2)10-18(21(28)29-5)23-20(27)19(30-14(4)25)17(22-13(3)24)11-15-6-8-16(26)9-7-15/h6-9,12-13,17-19,22,24,26H,10-11H2,1-5H3,(H,23,27). The number of carbonyl (C=O) groups excluding carboxylic acids is 3. The Morgan fingerprint density at radius 1 is 1.10 bits per heavy atom. The van der Waals surface area contributed by atoms with Gasteiger partial charge in [0, 0.05) is 6.92 Å². The number of amides is 1. The van der Waals surface area contributed by atoms with Crippen LogP contribution < -0.4 is 10.6 Å². The number of hydrogen-bond acceptors (Lipinski definition) is 8. The maximum absolute atomic E-state index is 13.0. The van der Waals surface area contributed by atoms with E-state index in [4.69, 9.17) is 9.47 Å². The van der Waals surface area contributed by atoms with Gasteiger partial charge in [-0.25, -0.2) is 4.79 Å². The second-order valence-electron chi connectivity index (χ2n) is 7.56. The van der Waals surface area contributed by atoms with E-state index in [0.29, 0.717) is 6.42 Å². The molecule has 0 radical (unpaired) electrons. The molecule has 30 heavy (non-hydrogen) atoms. The largest absolute Gasteiger partial charge is 0.508 e. The predicted molar refractivity (Wildman–Crippen MR) is 109 cm³/mol. The monoisotopic (exact) mass is 424 g/mol. The van der Waals surface area contributed by atoms with E-state index in [9.17, 15) is 24.6 Å². The molecule has 0 bridgehead atoms. The number of phenols is 1. The molecule has 1 rings (SSSR count). The molecule has 0 aliphatic rings. The molecule has 1 amide bonds. The van der Waals surface area contributed by atoms with Crippen LogP contribution in [0.2, 0.25) is 0 Å². The third-order valence-corrected chi connectivity index (χ3v) is 4.27. The molecule has 168 valence electrons. The van der Waals surface area contributed by atoms with Gasteiger partial charge in [-0.05, 0) is 43.4 Å². The van der Waals surface area contributed by atoms with Gasteiger partial charge in [0.1, 0.15) is 18.0 Å². The molecule has 0 heterocycles. The molecule has 0 fully saturated rings. The lowest BCUT2D eigenvalue weighted by molar-refractivity contribution is -0.158. The van der Waals surface area contributed by atoms with Crippen molar-refractivity contribution in [3.63, 3.8) is 0 Å². The number of aromatic hydroxyl groups is 1. The lowest BCUT2D eigenvalue weighted by Gasteiger charge is -2.29. The van der Waals surface area contributed by atoms with E-state index in [1.165, 1.54) is 33.1 Å². The van der Waals surface area contributed by atoms with E-state index in [2.05, 4.69) is 10.6 Å². The molecular formula is C21H32N2O7. The van der Waals surface area contributed by atoms with E-state index in [-0.39, 0.29) is 18.1 Å². The molecule has 0 aliphatic heterocycles. The number of rotatable bonds is 11. The number of ether oxygens (including phenoxy) is 2. The van der Waals surface area contributed by atoms with Gasteiger partial charge >= 0.3 is 11.9 Å². The lowest BCUT2D eigenvalue weighted by atomic mass is 9.98. The summed E-state index contributed by atoms with van der Waals surface area (Å²) in [6.07, 6.45) is -1.75. The molecule has 9 nitrogen and oxygen atoms in total. The summed E-state index contributed by atoms with van der Waals surface area (Å²) in [7, 11) is 1.23. The summed E-state index contributed by atoms with van der Waals surface area (Å²) in [6.45, 7) is 6.44. The van der Waals surface area contributed by atoms with E-state index in [1.54, 1.807) is 12.1 Å². The number of aliphatic hydroxyl groups excluding tert-OH is 1. The minimum Gasteiger partial charge on any atom is -0.508 e. The highest BCUT2D eigenvalue weighted by atomic mass is 16.5. The number of esters is 2. The van der Waals surface area contributed by atoms with Crippen LogP contribution >= 0.6 is 0 Å². The van der Waals surface area contributed by atoms with Crippen LogP contribution in [0.15, 0.2) is 24.3 Å². The Labute approximate surface area is 176 Å². The minimum atomic E-state index is -1.31. The van der Waals surface area contributed by atoms with Crippen molar-refractivity contribution >= 4 is 17.8 Å². The molecule has 1 aromatic carbocycles. The van der Waals surface area contributed by atoms with Crippen LogP contribution in [0.4, 0.5) is 0 Å². The second kappa shape index (κ2) is 12.1. The van der Waals surface area contributed by atoms with E-state index >= 15 is 0 Å². The highest BCUT2D eigenvalue weighted by molar-refractivity contribution is 5.88.